The second-order valence-electron chi connectivity index (χ2n) is 3.30. The molecule has 0 aliphatic rings. The maximum Gasteiger partial charge on any atom is 0.259 e. The molecule has 2 aromatic heterocycles. The number of H-pyrrole nitrogens is 1. The van der Waals surface area contributed by atoms with Gasteiger partial charge in [0.2, 0.25) is 0 Å². The van der Waals surface area contributed by atoms with E-state index in [4.69, 9.17) is 10.3 Å². The van der Waals surface area contributed by atoms with Crippen LogP contribution in [0, 0.1) is 6.92 Å². The van der Waals surface area contributed by atoms with Crippen LogP contribution in [0.1, 0.15) is 24.4 Å². The molecule has 0 spiro atoms. The number of aromatic nitrogens is 3. The molecule has 5 nitrogen and oxygen atoms in total. The Morgan fingerprint density at radius 2 is 2.29 bits per heavy atom. The molecule has 0 saturated carbocycles. The van der Waals surface area contributed by atoms with Crippen LogP contribution >= 0.6 is 0 Å². The van der Waals surface area contributed by atoms with E-state index in [-0.39, 0.29) is 6.04 Å². The lowest BCUT2D eigenvalue weighted by atomic mass is 10.2. The SMILES string of the molecule is Cc1c[nH]cc1-c1nc(C(C)N)no1. The summed E-state index contributed by atoms with van der Waals surface area (Å²) >= 11 is 0. The molecule has 0 aliphatic heterocycles. The van der Waals surface area contributed by atoms with Gasteiger partial charge in [-0.25, -0.2) is 0 Å². The number of hydrogen-bond donors (Lipinski definition) is 2. The van der Waals surface area contributed by atoms with Crippen molar-refractivity contribution in [2.75, 3.05) is 0 Å². The third-order valence-electron chi connectivity index (χ3n) is 2.03. The molecule has 5 heteroatoms. The summed E-state index contributed by atoms with van der Waals surface area (Å²) < 4.78 is 5.09. The topological polar surface area (TPSA) is 80.7 Å². The van der Waals surface area contributed by atoms with Gasteiger partial charge in [0, 0.05) is 12.4 Å². The van der Waals surface area contributed by atoms with Crippen molar-refractivity contribution in [3.05, 3.63) is 23.8 Å². The maximum absolute atomic E-state index is 5.63. The van der Waals surface area contributed by atoms with Crippen molar-refractivity contribution >= 4 is 0 Å². The minimum Gasteiger partial charge on any atom is -0.367 e. The molecule has 3 N–H and O–H groups in total. The molecule has 2 aromatic rings. The first-order valence-electron chi connectivity index (χ1n) is 4.41. The van der Waals surface area contributed by atoms with Crippen LogP contribution in [0.3, 0.4) is 0 Å². The number of nitrogens with two attached hydrogens (primary N) is 1. The Morgan fingerprint density at radius 3 is 2.79 bits per heavy atom. The second kappa shape index (κ2) is 3.26. The van der Waals surface area contributed by atoms with E-state index in [0.717, 1.165) is 11.1 Å². The minimum atomic E-state index is -0.202. The Balaban J connectivity index is 2.39. The summed E-state index contributed by atoms with van der Waals surface area (Å²) in [6.07, 6.45) is 3.71. The van der Waals surface area contributed by atoms with Crippen LogP contribution < -0.4 is 5.73 Å². The van der Waals surface area contributed by atoms with Crippen LogP contribution in [-0.2, 0) is 0 Å². The van der Waals surface area contributed by atoms with Crippen molar-refractivity contribution in [3.8, 4) is 11.5 Å². The molecule has 1 unspecified atom stereocenters. The molecular formula is C9H12N4O. The maximum atomic E-state index is 5.63. The molecule has 74 valence electrons. The predicted molar refractivity (Wildman–Crippen MR) is 51.4 cm³/mol. The summed E-state index contributed by atoms with van der Waals surface area (Å²) in [6.45, 7) is 3.79. The van der Waals surface area contributed by atoms with Crippen LogP contribution in [0.25, 0.3) is 11.5 Å². The number of hydrogen-bond acceptors (Lipinski definition) is 4. The molecule has 0 fully saturated rings. The van der Waals surface area contributed by atoms with E-state index in [1.54, 1.807) is 0 Å². The van der Waals surface area contributed by atoms with Crippen molar-refractivity contribution < 1.29 is 4.52 Å². The first-order valence-corrected chi connectivity index (χ1v) is 4.41. The highest BCUT2D eigenvalue weighted by Gasteiger charge is 2.13. The highest BCUT2D eigenvalue weighted by molar-refractivity contribution is 5.56. The van der Waals surface area contributed by atoms with Crippen LogP contribution in [0.2, 0.25) is 0 Å². The highest BCUT2D eigenvalue weighted by Crippen LogP contribution is 2.21. The highest BCUT2D eigenvalue weighted by atomic mass is 16.5. The fourth-order valence-corrected chi connectivity index (χ4v) is 1.20. The van der Waals surface area contributed by atoms with E-state index in [0.29, 0.717) is 11.7 Å². The van der Waals surface area contributed by atoms with E-state index >= 15 is 0 Å². The molecule has 2 rings (SSSR count). The first kappa shape index (κ1) is 8.96. The predicted octanol–water partition coefficient (Wildman–Crippen LogP) is 1.39. The molecular weight excluding hydrogens is 180 g/mol. The molecule has 0 aromatic carbocycles. The van der Waals surface area contributed by atoms with E-state index < -0.39 is 0 Å². The van der Waals surface area contributed by atoms with E-state index in [1.165, 1.54) is 0 Å². The smallest absolute Gasteiger partial charge is 0.259 e. The normalized spacial score (nSPS) is 13.1. The van der Waals surface area contributed by atoms with Crippen molar-refractivity contribution in [1.29, 1.82) is 0 Å². The Hall–Kier alpha value is -1.62. The molecule has 0 amide bonds. The average molecular weight is 192 g/mol. The van der Waals surface area contributed by atoms with Gasteiger partial charge in [0.1, 0.15) is 0 Å². The lowest BCUT2D eigenvalue weighted by Gasteiger charge is -1.93. The van der Waals surface area contributed by atoms with Crippen LogP contribution in [0.5, 0.6) is 0 Å². The molecule has 14 heavy (non-hydrogen) atoms. The number of aromatic amines is 1. The molecule has 0 radical (unpaired) electrons. The summed E-state index contributed by atoms with van der Waals surface area (Å²) in [7, 11) is 0. The summed E-state index contributed by atoms with van der Waals surface area (Å²) in [6, 6.07) is -0.202. The Labute approximate surface area is 81.3 Å². The number of aryl methyl sites for hydroxylation is 1. The lowest BCUT2D eigenvalue weighted by molar-refractivity contribution is 0.418. The zero-order valence-electron chi connectivity index (χ0n) is 8.11. The quantitative estimate of drug-likeness (QED) is 0.753. The van der Waals surface area contributed by atoms with Gasteiger partial charge < -0.3 is 15.2 Å². The number of nitrogens with zero attached hydrogens (tertiary/aromatic N) is 2. The Bertz CT molecular complexity index is 429. The standard InChI is InChI=1S/C9H12N4O/c1-5-3-11-4-7(5)9-12-8(6(2)10)13-14-9/h3-4,6,11H,10H2,1-2H3. The molecule has 0 aliphatic carbocycles. The van der Waals surface area contributed by atoms with Crippen molar-refractivity contribution in [1.82, 2.24) is 15.1 Å². The molecule has 2 heterocycles. The Kier molecular flexibility index (Phi) is 2.09. The monoisotopic (exact) mass is 192 g/mol. The fourth-order valence-electron chi connectivity index (χ4n) is 1.20. The summed E-state index contributed by atoms with van der Waals surface area (Å²) in [5.74, 6) is 1.04. The summed E-state index contributed by atoms with van der Waals surface area (Å²) in [5.41, 5.74) is 7.62. The zero-order chi connectivity index (χ0) is 10.1. The molecule has 0 bridgehead atoms. The zero-order valence-corrected chi connectivity index (χ0v) is 8.11. The van der Waals surface area contributed by atoms with Crippen LogP contribution in [0.4, 0.5) is 0 Å². The van der Waals surface area contributed by atoms with Crippen molar-refractivity contribution in [2.45, 2.75) is 19.9 Å². The second-order valence-corrected chi connectivity index (χ2v) is 3.30. The summed E-state index contributed by atoms with van der Waals surface area (Å²) in [5, 5.41) is 3.79. The van der Waals surface area contributed by atoms with E-state index in [1.807, 2.05) is 26.2 Å². The van der Waals surface area contributed by atoms with Gasteiger partial charge in [-0.1, -0.05) is 5.16 Å². The average Bonchev–Trinajstić information content (AvgIpc) is 2.71. The van der Waals surface area contributed by atoms with Gasteiger partial charge in [0.25, 0.3) is 5.89 Å². The van der Waals surface area contributed by atoms with E-state index in [9.17, 15) is 0 Å². The van der Waals surface area contributed by atoms with Gasteiger partial charge in [-0.15, -0.1) is 0 Å². The summed E-state index contributed by atoms with van der Waals surface area (Å²) in [4.78, 5) is 7.17. The van der Waals surface area contributed by atoms with Gasteiger partial charge in [-0.3, -0.25) is 0 Å². The number of nitrogens with one attached hydrogen (secondary N) is 1. The van der Waals surface area contributed by atoms with Crippen LogP contribution in [-0.4, -0.2) is 15.1 Å². The first-order chi connectivity index (χ1) is 6.68. The fraction of sp³-hybridized carbons (Fsp3) is 0.333. The third kappa shape index (κ3) is 1.42. The van der Waals surface area contributed by atoms with Gasteiger partial charge >= 0.3 is 0 Å². The van der Waals surface area contributed by atoms with E-state index in [2.05, 4.69) is 15.1 Å². The number of rotatable bonds is 2. The lowest BCUT2D eigenvalue weighted by Crippen LogP contribution is -2.06. The third-order valence-corrected chi connectivity index (χ3v) is 2.03. The van der Waals surface area contributed by atoms with Gasteiger partial charge in [-0.2, -0.15) is 4.98 Å². The molecule has 0 saturated heterocycles. The van der Waals surface area contributed by atoms with Crippen LogP contribution in [0.15, 0.2) is 16.9 Å². The van der Waals surface area contributed by atoms with Gasteiger partial charge in [-0.05, 0) is 19.4 Å². The van der Waals surface area contributed by atoms with Gasteiger partial charge in [0.15, 0.2) is 5.82 Å². The van der Waals surface area contributed by atoms with Crippen molar-refractivity contribution in [3.63, 3.8) is 0 Å². The molecule has 1 atom stereocenters. The minimum absolute atomic E-state index is 0.202. The largest absolute Gasteiger partial charge is 0.367 e. The van der Waals surface area contributed by atoms with Gasteiger partial charge in [0.05, 0.1) is 11.6 Å². The Morgan fingerprint density at radius 1 is 1.50 bits per heavy atom. The van der Waals surface area contributed by atoms with Crippen molar-refractivity contribution in [2.24, 2.45) is 5.73 Å².